The second-order valence-electron chi connectivity index (χ2n) is 3.53. The van der Waals surface area contributed by atoms with Crippen LogP contribution >= 0.6 is 0 Å². The fraction of sp³-hybridized carbons (Fsp3) is 0.875. The van der Waals surface area contributed by atoms with Crippen molar-refractivity contribution in [2.45, 2.75) is 18.6 Å². The number of carbonyl (C=O) groups excluding carboxylic acids is 1. The van der Waals surface area contributed by atoms with E-state index in [4.69, 9.17) is 4.74 Å². The van der Waals surface area contributed by atoms with Gasteiger partial charge in [-0.15, -0.1) is 0 Å². The van der Waals surface area contributed by atoms with Crippen LogP contribution in [0.15, 0.2) is 0 Å². The van der Waals surface area contributed by atoms with Crippen LogP contribution in [0.2, 0.25) is 0 Å². The average Bonchev–Trinajstić information content (AvgIpc) is 2.29. The molecule has 68 valence electrons. The summed E-state index contributed by atoms with van der Waals surface area (Å²) >= 11 is 0. The zero-order chi connectivity index (χ0) is 8.60. The number of hydrogen-bond donors (Lipinski definition) is 1. The standard InChI is InChI=1S/C8H14N2O2/c1-10-6-7(11)12-8(10)2-4-9-5-3-8/h9H,2-6H2,1H3. The van der Waals surface area contributed by atoms with Gasteiger partial charge in [0.25, 0.3) is 0 Å². The lowest BCUT2D eigenvalue weighted by Crippen LogP contribution is -2.50. The molecule has 0 aromatic rings. The number of rotatable bonds is 0. The highest BCUT2D eigenvalue weighted by atomic mass is 16.6. The fourth-order valence-electron chi connectivity index (χ4n) is 1.96. The van der Waals surface area contributed by atoms with Crippen LogP contribution in [0.5, 0.6) is 0 Å². The predicted molar refractivity (Wildman–Crippen MR) is 43.6 cm³/mol. The lowest BCUT2D eigenvalue weighted by molar-refractivity contribution is -0.156. The van der Waals surface area contributed by atoms with Crippen LogP contribution in [-0.2, 0) is 9.53 Å². The Labute approximate surface area is 71.9 Å². The molecule has 0 aliphatic carbocycles. The van der Waals surface area contributed by atoms with Crippen molar-refractivity contribution < 1.29 is 9.53 Å². The van der Waals surface area contributed by atoms with Crippen molar-refractivity contribution in [3.63, 3.8) is 0 Å². The van der Waals surface area contributed by atoms with Crippen LogP contribution < -0.4 is 5.32 Å². The number of hydrogen-bond acceptors (Lipinski definition) is 4. The number of esters is 1. The van der Waals surface area contributed by atoms with Gasteiger partial charge in [0.05, 0.1) is 6.54 Å². The van der Waals surface area contributed by atoms with Crippen LogP contribution in [0.25, 0.3) is 0 Å². The van der Waals surface area contributed by atoms with Gasteiger partial charge >= 0.3 is 5.97 Å². The van der Waals surface area contributed by atoms with E-state index in [0.29, 0.717) is 6.54 Å². The molecule has 2 heterocycles. The smallest absolute Gasteiger partial charge is 0.322 e. The van der Waals surface area contributed by atoms with Gasteiger partial charge in [0.2, 0.25) is 0 Å². The van der Waals surface area contributed by atoms with E-state index < -0.39 is 0 Å². The highest BCUT2D eigenvalue weighted by molar-refractivity contribution is 5.74. The number of nitrogens with one attached hydrogen (secondary N) is 1. The Bertz CT molecular complexity index is 199. The summed E-state index contributed by atoms with van der Waals surface area (Å²) in [5.41, 5.74) is -0.275. The maximum atomic E-state index is 11.0. The molecule has 2 saturated heterocycles. The minimum absolute atomic E-state index is 0.0839. The number of likely N-dealkylation sites (N-methyl/N-ethyl adjacent to an activating group) is 1. The molecule has 0 radical (unpaired) electrons. The lowest BCUT2D eigenvalue weighted by Gasteiger charge is -2.36. The third-order valence-corrected chi connectivity index (χ3v) is 2.75. The molecule has 4 heteroatoms. The largest absolute Gasteiger partial charge is 0.443 e. The number of piperidine rings is 1. The Morgan fingerprint density at radius 1 is 1.50 bits per heavy atom. The SMILES string of the molecule is CN1CC(=O)OC12CCNCC2. The van der Waals surface area contributed by atoms with E-state index in [-0.39, 0.29) is 11.7 Å². The molecule has 0 atom stereocenters. The number of ether oxygens (including phenoxy) is 1. The van der Waals surface area contributed by atoms with Crippen LogP contribution in [-0.4, -0.2) is 43.3 Å². The second kappa shape index (κ2) is 2.71. The highest BCUT2D eigenvalue weighted by Crippen LogP contribution is 2.30. The average molecular weight is 170 g/mol. The van der Waals surface area contributed by atoms with Gasteiger partial charge in [0.1, 0.15) is 0 Å². The summed E-state index contributed by atoms with van der Waals surface area (Å²) in [7, 11) is 1.95. The molecular weight excluding hydrogens is 156 g/mol. The molecule has 12 heavy (non-hydrogen) atoms. The van der Waals surface area contributed by atoms with Crippen molar-refractivity contribution in [2.75, 3.05) is 26.7 Å². The van der Waals surface area contributed by atoms with Crippen molar-refractivity contribution in [3.8, 4) is 0 Å². The van der Waals surface area contributed by atoms with E-state index in [1.165, 1.54) is 0 Å². The van der Waals surface area contributed by atoms with Crippen LogP contribution in [0.3, 0.4) is 0 Å². The van der Waals surface area contributed by atoms with Crippen molar-refractivity contribution in [3.05, 3.63) is 0 Å². The Morgan fingerprint density at radius 2 is 2.17 bits per heavy atom. The van der Waals surface area contributed by atoms with Gasteiger partial charge in [-0.05, 0) is 7.05 Å². The first-order chi connectivity index (χ1) is 5.73. The molecule has 0 bridgehead atoms. The minimum atomic E-state index is -0.275. The second-order valence-corrected chi connectivity index (χ2v) is 3.53. The Hall–Kier alpha value is -0.610. The number of nitrogens with zero attached hydrogens (tertiary/aromatic N) is 1. The highest BCUT2D eigenvalue weighted by Gasteiger charge is 2.45. The summed E-state index contributed by atoms with van der Waals surface area (Å²) in [4.78, 5) is 13.1. The van der Waals surface area contributed by atoms with Gasteiger partial charge in [-0.3, -0.25) is 9.69 Å². The zero-order valence-corrected chi connectivity index (χ0v) is 7.30. The first-order valence-electron chi connectivity index (χ1n) is 4.37. The topological polar surface area (TPSA) is 41.6 Å². The number of carbonyl (C=O) groups is 1. The molecule has 0 unspecified atom stereocenters. The molecule has 1 spiro atoms. The monoisotopic (exact) mass is 170 g/mol. The van der Waals surface area contributed by atoms with E-state index >= 15 is 0 Å². The molecule has 0 amide bonds. The van der Waals surface area contributed by atoms with E-state index in [1.54, 1.807) is 0 Å². The molecule has 1 N–H and O–H groups in total. The van der Waals surface area contributed by atoms with Crippen molar-refractivity contribution in [1.82, 2.24) is 10.2 Å². The van der Waals surface area contributed by atoms with Crippen molar-refractivity contribution in [1.29, 1.82) is 0 Å². The molecular formula is C8H14N2O2. The molecule has 2 aliphatic rings. The summed E-state index contributed by atoms with van der Waals surface area (Å²) in [6.07, 6.45) is 1.82. The summed E-state index contributed by atoms with van der Waals surface area (Å²) < 4.78 is 5.35. The zero-order valence-electron chi connectivity index (χ0n) is 7.30. The summed E-state index contributed by atoms with van der Waals surface area (Å²) in [6.45, 7) is 2.33. The van der Waals surface area contributed by atoms with E-state index in [1.807, 2.05) is 11.9 Å². The molecule has 2 fully saturated rings. The summed E-state index contributed by atoms with van der Waals surface area (Å²) in [6, 6.07) is 0. The minimum Gasteiger partial charge on any atom is -0.443 e. The molecule has 0 aromatic carbocycles. The molecule has 0 saturated carbocycles. The Morgan fingerprint density at radius 3 is 2.67 bits per heavy atom. The normalized spacial score (nSPS) is 29.2. The summed E-state index contributed by atoms with van der Waals surface area (Å²) in [5.74, 6) is -0.0839. The van der Waals surface area contributed by atoms with Crippen LogP contribution in [0.4, 0.5) is 0 Å². The fourth-order valence-corrected chi connectivity index (χ4v) is 1.96. The van der Waals surface area contributed by atoms with Crippen molar-refractivity contribution in [2.24, 2.45) is 0 Å². The van der Waals surface area contributed by atoms with Gasteiger partial charge in [-0.25, -0.2) is 0 Å². The molecule has 0 aromatic heterocycles. The maximum Gasteiger partial charge on any atom is 0.322 e. The first kappa shape index (κ1) is 8.01. The molecule has 2 rings (SSSR count). The third-order valence-electron chi connectivity index (χ3n) is 2.75. The maximum absolute atomic E-state index is 11.0. The van der Waals surface area contributed by atoms with Crippen LogP contribution in [0.1, 0.15) is 12.8 Å². The molecule has 2 aliphatic heterocycles. The molecule has 4 nitrogen and oxygen atoms in total. The van der Waals surface area contributed by atoms with Crippen LogP contribution in [0, 0.1) is 0 Å². The van der Waals surface area contributed by atoms with Crippen molar-refractivity contribution >= 4 is 5.97 Å². The van der Waals surface area contributed by atoms with Gasteiger partial charge in [-0.2, -0.15) is 0 Å². The Kier molecular flexibility index (Phi) is 1.81. The van der Waals surface area contributed by atoms with Gasteiger partial charge < -0.3 is 10.1 Å². The van der Waals surface area contributed by atoms with E-state index in [9.17, 15) is 4.79 Å². The first-order valence-corrected chi connectivity index (χ1v) is 4.37. The van der Waals surface area contributed by atoms with Gasteiger partial charge in [0.15, 0.2) is 5.72 Å². The van der Waals surface area contributed by atoms with E-state index in [2.05, 4.69) is 5.32 Å². The lowest BCUT2D eigenvalue weighted by atomic mass is 10.0. The van der Waals surface area contributed by atoms with Gasteiger partial charge in [-0.1, -0.05) is 0 Å². The Balaban J connectivity index is 2.13. The quantitative estimate of drug-likeness (QED) is 0.500. The summed E-state index contributed by atoms with van der Waals surface area (Å²) in [5, 5.41) is 3.25. The van der Waals surface area contributed by atoms with E-state index in [0.717, 1.165) is 25.9 Å². The van der Waals surface area contributed by atoms with Gasteiger partial charge in [0, 0.05) is 25.9 Å². The third kappa shape index (κ3) is 1.11. The predicted octanol–water partition coefficient (Wildman–Crippen LogP) is -0.445.